The second kappa shape index (κ2) is 7.93. The molecule has 0 bridgehead atoms. The van der Waals surface area contributed by atoms with Crippen molar-refractivity contribution in [2.75, 3.05) is 50.7 Å². The zero-order valence-corrected chi connectivity index (χ0v) is 17.3. The van der Waals surface area contributed by atoms with Crippen molar-refractivity contribution in [3.8, 4) is 0 Å². The van der Waals surface area contributed by atoms with E-state index >= 15 is 0 Å². The minimum Gasteiger partial charge on any atom is -0.368 e. The van der Waals surface area contributed by atoms with Gasteiger partial charge in [0.25, 0.3) is 0 Å². The molecular weight excluding hydrogens is 371 g/mol. The lowest BCUT2D eigenvalue weighted by Crippen LogP contribution is -2.63. The number of halogens is 2. The number of hydrogen-bond acceptors (Lipinski definition) is 4. The van der Waals surface area contributed by atoms with Gasteiger partial charge in [0, 0.05) is 57.0 Å². The summed E-state index contributed by atoms with van der Waals surface area (Å²) in [6, 6.07) is 5.59. The average molecular weight is 399 g/mol. The maximum Gasteiger partial charge on any atom is 0.241 e. The molecule has 7 heteroatoms. The first-order valence-electron chi connectivity index (χ1n) is 9.23. The number of piperazine rings is 2. The highest BCUT2D eigenvalue weighted by molar-refractivity contribution is 6.42. The lowest BCUT2D eigenvalue weighted by molar-refractivity contribution is -0.135. The van der Waals surface area contributed by atoms with Crippen LogP contribution in [0.15, 0.2) is 18.2 Å². The summed E-state index contributed by atoms with van der Waals surface area (Å²) in [6.07, 6.45) is 0. The molecule has 0 radical (unpaired) electrons. The monoisotopic (exact) mass is 398 g/mol. The van der Waals surface area contributed by atoms with Crippen LogP contribution in [0, 0.1) is 0 Å². The third-order valence-corrected chi connectivity index (χ3v) is 6.02. The maximum absolute atomic E-state index is 12.9. The molecule has 26 heavy (non-hydrogen) atoms. The molecule has 1 amide bonds. The van der Waals surface area contributed by atoms with E-state index in [9.17, 15) is 4.79 Å². The van der Waals surface area contributed by atoms with Gasteiger partial charge in [0.2, 0.25) is 5.91 Å². The summed E-state index contributed by atoms with van der Waals surface area (Å²) in [5.74, 6) is 0.215. The van der Waals surface area contributed by atoms with Gasteiger partial charge in [0.1, 0.15) is 0 Å². The fraction of sp³-hybridized carbons (Fsp3) is 0.632. The van der Waals surface area contributed by atoms with Crippen molar-refractivity contribution >= 4 is 34.8 Å². The molecule has 3 rings (SSSR count). The number of benzene rings is 1. The Bertz CT molecular complexity index is 653. The molecule has 0 aliphatic carbocycles. The number of hydrogen-bond donors (Lipinski definition) is 1. The van der Waals surface area contributed by atoms with Crippen LogP contribution in [0.3, 0.4) is 0 Å². The Morgan fingerprint density at radius 3 is 2.38 bits per heavy atom. The molecule has 144 valence electrons. The molecule has 2 aliphatic heterocycles. The summed E-state index contributed by atoms with van der Waals surface area (Å²) < 4.78 is 0. The molecule has 1 aromatic carbocycles. The van der Waals surface area contributed by atoms with E-state index in [2.05, 4.69) is 35.9 Å². The summed E-state index contributed by atoms with van der Waals surface area (Å²) >= 11 is 12.1. The van der Waals surface area contributed by atoms with Crippen molar-refractivity contribution in [1.82, 2.24) is 15.1 Å². The maximum atomic E-state index is 12.9. The standard InChI is InChI=1S/C19H28Cl2N4O/c1-19(2,3)25-7-6-22-17(13-25)18(26)24-10-8-23(9-11-24)14-4-5-15(20)16(21)12-14/h4-5,12,17,22H,6-11,13H2,1-3H3/t17-/m0/s1. The van der Waals surface area contributed by atoms with Gasteiger partial charge in [-0.1, -0.05) is 23.2 Å². The number of rotatable bonds is 2. The molecule has 1 N–H and O–H groups in total. The lowest BCUT2D eigenvalue weighted by atomic mass is 10.0. The van der Waals surface area contributed by atoms with Crippen molar-refractivity contribution in [2.45, 2.75) is 32.4 Å². The van der Waals surface area contributed by atoms with Crippen molar-refractivity contribution in [3.63, 3.8) is 0 Å². The number of carbonyl (C=O) groups is 1. The quantitative estimate of drug-likeness (QED) is 0.830. The van der Waals surface area contributed by atoms with Crippen molar-refractivity contribution in [2.24, 2.45) is 0 Å². The lowest BCUT2D eigenvalue weighted by Gasteiger charge is -2.43. The van der Waals surface area contributed by atoms with Crippen LogP contribution in [0.5, 0.6) is 0 Å². The highest BCUT2D eigenvalue weighted by Gasteiger charge is 2.34. The number of amides is 1. The Morgan fingerprint density at radius 2 is 1.77 bits per heavy atom. The van der Waals surface area contributed by atoms with E-state index in [1.165, 1.54) is 0 Å². The number of nitrogens with zero attached hydrogens (tertiary/aromatic N) is 3. The Kier molecular flexibility index (Phi) is 6.02. The Hall–Kier alpha value is -1.01. The Balaban J connectivity index is 1.57. The SMILES string of the molecule is CC(C)(C)N1CCN[C@H](C(=O)N2CCN(c3ccc(Cl)c(Cl)c3)CC2)C1. The minimum absolute atomic E-state index is 0.0905. The molecule has 2 saturated heterocycles. The fourth-order valence-electron chi connectivity index (χ4n) is 3.61. The summed E-state index contributed by atoms with van der Waals surface area (Å²) in [4.78, 5) is 19.6. The molecular formula is C19H28Cl2N4O. The molecule has 0 unspecified atom stereocenters. The van der Waals surface area contributed by atoms with E-state index in [0.717, 1.165) is 51.5 Å². The molecule has 0 spiro atoms. The van der Waals surface area contributed by atoms with Gasteiger partial charge in [-0.25, -0.2) is 0 Å². The molecule has 5 nitrogen and oxygen atoms in total. The van der Waals surface area contributed by atoms with Gasteiger partial charge < -0.3 is 15.1 Å². The minimum atomic E-state index is -0.112. The van der Waals surface area contributed by atoms with Crippen molar-refractivity contribution < 1.29 is 4.79 Å². The Morgan fingerprint density at radius 1 is 1.08 bits per heavy atom. The van der Waals surface area contributed by atoms with E-state index < -0.39 is 0 Å². The second-order valence-electron chi connectivity index (χ2n) is 8.03. The summed E-state index contributed by atoms with van der Waals surface area (Å²) in [5.41, 5.74) is 1.15. The Labute approximate surface area is 166 Å². The molecule has 2 aliphatic rings. The zero-order chi connectivity index (χ0) is 18.9. The van der Waals surface area contributed by atoms with Gasteiger partial charge in [-0.15, -0.1) is 0 Å². The number of anilines is 1. The van der Waals surface area contributed by atoms with Crippen LogP contribution in [0.25, 0.3) is 0 Å². The molecule has 2 heterocycles. The van der Waals surface area contributed by atoms with Gasteiger partial charge in [0.15, 0.2) is 0 Å². The van der Waals surface area contributed by atoms with E-state index in [-0.39, 0.29) is 17.5 Å². The van der Waals surface area contributed by atoms with Crippen molar-refractivity contribution in [3.05, 3.63) is 28.2 Å². The smallest absolute Gasteiger partial charge is 0.241 e. The summed E-state index contributed by atoms with van der Waals surface area (Å²) in [6.45, 7) is 12.3. The average Bonchev–Trinajstić information content (AvgIpc) is 2.63. The van der Waals surface area contributed by atoms with E-state index in [4.69, 9.17) is 23.2 Å². The summed E-state index contributed by atoms with van der Waals surface area (Å²) in [7, 11) is 0. The first-order chi connectivity index (χ1) is 12.3. The second-order valence-corrected chi connectivity index (χ2v) is 8.85. The zero-order valence-electron chi connectivity index (χ0n) is 15.8. The van der Waals surface area contributed by atoms with Crippen LogP contribution in [-0.4, -0.2) is 73.1 Å². The van der Waals surface area contributed by atoms with Crippen LogP contribution < -0.4 is 10.2 Å². The van der Waals surface area contributed by atoms with E-state index in [0.29, 0.717) is 10.0 Å². The van der Waals surface area contributed by atoms with Gasteiger partial charge in [-0.2, -0.15) is 0 Å². The molecule has 2 fully saturated rings. The third kappa shape index (κ3) is 4.45. The molecule has 1 aromatic rings. The highest BCUT2D eigenvalue weighted by atomic mass is 35.5. The molecule has 0 aromatic heterocycles. The normalized spacial score (nSPS) is 22.6. The first-order valence-corrected chi connectivity index (χ1v) is 9.98. The van der Waals surface area contributed by atoms with Crippen LogP contribution in [0.2, 0.25) is 10.0 Å². The molecule has 0 saturated carbocycles. The van der Waals surface area contributed by atoms with Gasteiger partial charge in [0.05, 0.1) is 16.1 Å². The van der Waals surface area contributed by atoms with Crippen LogP contribution >= 0.6 is 23.2 Å². The number of nitrogens with one attached hydrogen (secondary N) is 1. The van der Waals surface area contributed by atoms with E-state index in [1.807, 2.05) is 23.1 Å². The van der Waals surface area contributed by atoms with Crippen molar-refractivity contribution in [1.29, 1.82) is 0 Å². The van der Waals surface area contributed by atoms with Gasteiger partial charge in [-0.3, -0.25) is 9.69 Å². The van der Waals surface area contributed by atoms with Crippen LogP contribution in [-0.2, 0) is 4.79 Å². The first kappa shape index (κ1) is 19.7. The topological polar surface area (TPSA) is 38.8 Å². The summed E-state index contributed by atoms with van der Waals surface area (Å²) in [5, 5.41) is 4.53. The number of carbonyl (C=O) groups excluding carboxylic acids is 1. The van der Waals surface area contributed by atoms with Gasteiger partial charge >= 0.3 is 0 Å². The van der Waals surface area contributed by atoms with Crippen LogP contribution in [0.4, 0.5) is 5.69 Å². The predicted molar refractivity (Wildman–Crippen MR) is 108 cm³/mol. The largest absolute Gasteiger partial charge is 0.368 e. The highest BCUT2D eigenvalue weighted by Crippen LogP contribution is 2.28. The van der Waals surface area contributed by atoms with E-state index in [1.54, 1.807) is 0 Å². The predicted octanol–water partition coefficient (Wildman–Crippen LogP) is 2.71. The molecule has 1 atom stereocenters. The fourth-order valence-corrected chi connectivity index (χ4v) is 3.90. The van der Waals surface area contributed by atoms with Crippen LogP contribution in [0.1, 0.15) is 20.8 Å². The van der Waals surface area contributed by atoms with Gasteiger partial charge in [-0.05, 0) is 39.0 Å². The third-order valence-electron chi connectivity index (χ3n) is 5.28.